The molecule has 0 bridgehead atoms. The first-order chi connectivity index (χ1) is 15.7. The maximum atomic E-state index is 12.6. The van der Waals surface area contributed by atoms with Crippen LogP contribution in [0, 0.1) is 27.7 Å². The molecule has 0 fully saturated rings. The molecule has 2 N–H and O–H groups in total. The van der Waals surface area contributed by atoms with Crippen molar-refractivity contribution in [2.24, 2.45) is 0 Å². The zero-order valence-electron chi connectivity index (χ0n) is 19.3. The summed E-state index contributed by atoms with van der Waals surface area (Å²) in [5.41, 5.74) is 7.11. The van der Waals surface area contributed by atoms with E-state index in [9.17, 15) is 4.79 Å². The van der Waals surface area contributed by atoms with Crippen LogP contribution in [0.25, 0.3) is 11.4 Å². The van der Waals surface area contributed by atoms with Crippen molar-refractivity contribution in [1.29, 1.82) is 0 Å². The Hall–Kier alpha value is -3.17. The van der Waals surface area contributed by atoms with Crippen molar-refractivity contribution in [2.45, 2.75) is 45.5 Å². The van der Waals surface area contributed by atoms with Crippen LogP contribution >= 0.6 is 23.1 Å². The van der Waals surface area contributed by atoms with E-state index < -0.39 is 0 Å². The van der Waals surface area contributed by atoms with E-state index in [1.165, 1.54) is 38.9 Å². The topological polar surface area (TPSA) is 89.9 Å². The molecule has 33 heavy (non-hydrogen) atoms. The van der Waals surface area contributed by atoms with Crippen LogP contribution in [-0.4, -0.2) is 25.8 Å². The molecule has 0 atom stereocenters. The molecule has 2 heterocycles. The fraction of sp³-hybridized carbons (Fsp3) is 0.250. The van der Waals surface area contributed by atoms with E-state index in [1.54, 1.807) is 11.8 Å². The summed E-state index contributed by atoms with van der Waals surface area (Å²) < 4.78 is 1.50. The van der Waals surface area contributed by atoms with Gasteiger partial charge in [-0.2, -0.15) is 0 Å². The first-order valence-electron chi connectivity index (χ1n) is 10.5. The molecule has 7 nitrogen and oxygen atoms in total. The Morgan fingerprint density at radius 2 is 1.73 bits per heavy atom. The summed E-state index contributed by atoms with van der Waals surface area (Å²) >= 11 is 2.91. The number of hydrogen-bond acceptors (Lipinski definition) is 7. The van der Waals surface area contributed by atoms with Gasteiger partial charge in [0.2, 0.25) is 11.1 Å². The Balaban J connectivity index is 1.53. The van der Waals surface area contributed by atoms with Crippen LogP contribution in [0.1, 0.15) is 34.9 Å². The van der Waals surface area contributed by atoms with Crippen LogP contribution in [0.3, 0.4) is 0 Å². The number of amides is 1. The standard InChI is InChI=1S/C24H26N6OS2/c1-14-6-8-19(9-7-14)22-27-28-24(30(22)25)33-13-20-12-32-23(26-20)29(18(5)31)21-16(3)10-15(2)11-17(21)4/h6-12H,13,25H2,1-5H3. The predicted molar refractivity (Wildman–Crippen MR) is 135 cm³/mol. The molecule has 2 aromatic carbocycles. The smallest absolute Gasteiger partial charge is 0.230 e. The number of anilines is 2. The van der Waals surface area contributed by atoms with E-state index in [0.29, 0.717) is 21.9 Å². The van der Waals surface area contributed by atoms with Crippen LogP contribution in [0.4, 0.5) is 10.8 Å². The summed E-state index contributed by atoms with van der Waals surface area (Å²) in [4.78, 5) is 19.0. The van der Waals surface area contributed by atoms with E-state index in [0.717, 1.165) is 28.1 Å². The lowest BCUT2D eigenvalue weighted by molar-refractivity contribution is -0.115. The molecule has 2 aromatic heterocycles. The third-order valence-electron chi connectivity index (χ3n) is 5.23. The van der Waals surface area contributed by atoms with Crippen LogP contribution in [-0.2, 0) is 10.5 Å². The molecular formula is C24H26N6OS2. The number of hydrogen-bond donors (Lipinski definition) is 1. The summed E-state index contributed by atoms with van der Waals surface area (Å²) in [6, 6.07) is 12.2. The average Bonchev–Trinajstić information content (AvgIpc) is 3.36. The Labute approximate surface area is 201 Å². The van der Waals surface area contributed by atoms with Crippen LogP contribution in [0.5, 0.6) is 0 Å². The van der Waals surface area contributed by atoms with Gasteiger partial charge in [0.25, 0.3) is 0 Å². The molecule has 4 rings (SSSR count). The van der Waals surface area contributed by atoms with Gasteiger partial charge >= 0.3 is 0 Å². The summed E-state index contributed by atoms with van der Waals surface area (Å²) in [5, 5.41) is 11.7. The number of thiazole rings is 1. The Bertz CT molecular complexity index is 1290. The van der Waals surface area contributed by atoms with Gasteiger partial charge in [0.05, 0.1) is 11.4 Å². The van der Waals surface area contributed by atoms with Crippen molar-refractivity contribution < 1.29 is 4.79 Å². The maximum Gasteiger partial charge on any atom is 0.230 e. The molecule has 0 aliphatic heterocycles. The van der Waals surface area contributed by atoms with Gasteiger partial charge in [0.1, 0.15) is 0 Å². The second-order valence-corrected chi connectivity index (χ2v) is 9.83. The number of thioether (sulfide) groups is 1. The van der Waals surface area contributed by atoms with Crippen molar-refractivity contribution >= 4 is 39.8 Å². The van der Waals surface area contributed by atoms with Gasteiger partial charge in [-0.15, -0.1) is 21.5 Å². The van der Waals surface area contributed by atoms with Gasteiger partial charge in [-0.1, -0.05) is 59.3 Å². The predicted octanol–water partition coefficient (Wildman–Crippen LogP) is 5.33. The molecule has 0 saturated carbocycles. The van der Waals surface area contributed by atoms with Crippen molar-refractivity contribution in [1.82, 2.24) is 19.9 Å². The normalized spacial score (nSPS) is 11.1. The maximum absolute atomic E-state index is 12.6. The number of benzene rings is 2. The van der Waals surface area contributed by atoms with E-state index in [2.05, 4.69) is 29.3 Å². The number of aryl methyl sites for hydroxylation is 4. The van der Waals surface area contributed by atoms with Gasteiger partial charge in [-0.25, -0.2) is 9.66 Å². The number of carbonyl (C=O) groups excluding carboxylic acids is 1. The van der Waals surface area contributed by atoms with E-state index >= 15 is 0 Å². The lowest BCUT2D eigenvalue weighted by atomic mass is 10.0. The molecule has 0 aliphatic carbocycles. The highest BCUT2D eigenvalue weighted by molar-refractivity contribution is 7.98. The lowest BCUT2D eigenvalue weighted by Crippen LogP contribution is -2.24. The van der Waals surface area contributed by atoms with Crippen molar-refractivity contribution in [3.05, 3.63) is 69.7 Å². The average molecular weight is 479 g/mol. The molecule has 4 aromatic rings. The zero-order chi connectivity index (χ0) is 23.7. The highest BCUT2D eigenvalue weighted by Gasteiger charge is 2.22. The first kappa shape index (κ1) is 23.0. The molecular weight excluding hydrogens is 452 g/mol. The fourth-order valence-electron chi connectivity index (χ4n) is 3.79. The van der Waals surface area contributed by atoms with Gasteiger partial charge in [0.15, 0.2) is 11.0 Å². The third-order valence-corrected chi connectivity index (χ3v) is 7.08. The van der Waals surface area contributed by atoms with Crippen molar-refractivity contribution in [3.8, 4) is 11.4 Å². The summed E-state index contributed by atoms with van der Waals surface area (Å²) in [6.45, 7) is 9.71. The van der Waals surface area contributed by atoms with Crippen LogP contribution in [0.15, 0.2) is 46.9 Å². The second kappa shape index (κ2) is 9.36. The van der Waals surface area contributed by atoms with Gasteiger partial charge < -0.3 is 5.84 Å². The highest BCUT2D eigenvalue weighted by Crippen LogP contribution is 2.35. The molecule has 0 spiro atoms. The molecule has 0 aliphatic rings. The van der Waals surface area contributed by atoms with Crippen LogP contribution < -0.4 is 10.7 Å². The summed E-state index contributed by atoms with van der Waals surface area (Å²) in [7, 11) is 0. The monoisotopic (exact) mass is 478 g/mol. The van der Waals surface area contributed by atoms with Crippen molar-refractivity contribution in [3.63, 3.8) is 0 Å². The Kier molecular flexibility index (Phi) is 6.53. The molecule has 9 heteroatoms. The molecule has 1 amide bonds. The highest BCUT2D eigenvalue weighted by atomic mass is 32.2. The number of carbonyl (C=O) groups is 1. The number of nitrogens with zero attached hydrogens (tertiary/aromatic N) is 5. The minimum Gasteiger partial charge on any atom is -0.335 e. The van der Waals surface area contributed by atoms with Crippen LogP contribution in [0.2, 0.25) is 0 Å². The Morgan fingerprint density at radius 1 is 1.06 bits per heavy atom. The Morgan fingerprint density at radius 3 is 2.36 bits per heavy atom. The minimum atomic E-state index is -0.0666. The summed E-state index contributed by atoms with van der Waals surface area (Å²) in [6.07, 6.45) is 0. The molecule has 170 valence electrons. The molecule has 0 saturated heterocycles. The number of nitrogen functional groups attached to an aromatic ring is 1. The third kappa shape index (κ3) is 4.79. The second-order valence-electron chi connectivity index (χ2n) is 8.05. The van der Waals surface area contributed by atoms with E-state index in [1.807, 2.05) is 50.4 Å². The number of aromatic nitrogens is 4. The van der Waals surface area contributed by atoms with Gasteiger partial charge in [0, 0.05) is 23.6 Å². The van der Waals surface area contributed by atoms with Gasteiger partial charge in [-0.05, 0) is 38.8 Å². The molecule has 0 unspecified atom stereocenters. The fourth-order valence-corrected chi connectivity index (χ4v) is 5.52. The quantitative estimate of drug-likeness (QED) is 0.298. The SMILES string of the molecule is CC(=O)N(c1nc(CSc2nnc(-c3ccc(C)cc3)n2N)cs1)c1c(C)cc(C)cc1C. The van der Waals surface area contributed by atoms with E-state index in [4.69, 9.17) is 10.8 Å². The first-order valence-corrected chi connectivity index (χ1v) is 12.3. The number of rotatable bonds is 6. The zero-order valence-corrected chi connectivity index (χ0v) is 20.9. The van der Waals surface area contributed by atoms with Gasteiger partial charge in [-0.3, -0.25) is 9.69 Å². The lowest BCUT2D eigenvalue weighted by Gasteiger charge is -2.23. The largest absolute Gasteiger partial charge is 0.335 e. The summed E-state index contributed by atoms with van der Waals surface area (Å²) in [5.74, 6) is 7.37. The van der Waals surface area contributed by atoms with E-state index in [-0.39, 0.29) is 5.91 Å². The minimum absolute atomic E-state index is 0.0666. The number of nitrogens with two attached hydrogens (primary N) is 1. The van der Waals surface area contributed by atoms with Crippen molar-refractivity contribution in [2.75, 3.05) is 10.7 Å². The molecule has 0 radical (unpaired) electrons.